The zero-order valence-corrected chi connectivity index (χ0v) is 49.6. The number of carbonyl (C=O) groups excluding carboxylic acids is 2. The number of carbonyl (C=O) groups is 2. The van der Waals surface area contributed by atoms with Crippen LogP contribution in [0.15, 0.2) is 127 Å². The molecule has 3 aliphatic carbocycles. The fraction of sp³-hybridized carbons (Fsp3) is 0.397. The predicted octanol–water partition coefficient (Wildman–Crippen LogP) is 19.5. The van der Waals surface area contributed by atoms with E-state index in [0.717, 1.165) is 61.2 Å². The molecule has 7 nitrogen and oxygen atoms in total. The summed E-state index contributed by atoms with van der Waals surface area (Å²) in [7, 11) is 1.36. The first-order valence-electron chi connectivity index (χ1n) is 30.9. The van der Waals surface area contributed by atoms with E-state index in [0.29, 0.717) is 41.2 Å². The molecule has 0 radical (unpaired) electrons. The van der Waals surface area contributed by atoms with Gasteiger partial charge in [-0.15, -0.1) is 0 Å². The zero-order valence-electron chi connectivity index (χ0n) is 49.6. The van der Waals surface area contributed by atoms with E-state index in [9.17, 15) is 27.2 Å². The highest BCUT2D eigenvalue weighted by atomic mass is 19.4. The van der Waals surface area contributed by atoms with Crippen LogP contribution in [-0.4, -0.2) is 32.1 Å². The van der Waals surface area contributed by atoms with Crippen LogP contribution in [0, 0.1) is 23.6 Å². The molecule has 0 bridgehead atoms. The minimum absolute atomic E-state index is 0.0396. The van der Waals surface area contributed by atoms with Crippen molar-refractivity contribution in [3.8, 4) is 45.3 Å². The molecule has 1 atom stereocenters. The number of fused-ring (bicyclic) bond motifs is 8. The van der Waals surface area contributed by atoms with Gasteiger partial charge < -0.3 is 23.8 Å². The number of ether oxygens (including phenoxy) is 4. The fourth-order valence-corrected chi connectivity index (χ4v) is 14.7. The summed E-state index contributed by atoms with van der Waals surface area (Å²) < 4.78 is 131. The number of unbranched alkanes of at least 4 members (excludes halogenated alkanes) is 2. The van der Waals surface area contributed by atoms with Crippen LogP contribution in [0.3, 0.4) is 0 Å². The van der Waals surface area contributed by atoms with Crippen molar-refractivity contribution in [1.29, 1.82) is 0 Å². The van der Waals surface area contributed by atoms with Gasteiger partial charge >= 0.3 is 24.3 Å². The highest BCUT2D eigenvalue weighted by Crippen LogP contribution is 2.62. The van der Waals surface area contributed by atoms with Gasteiger partial charge in [0.25, 0.3) is 0 Å². The van der Waals surface area contributed by atoms with Gasteiger partial charge in [0.1, 0.15) is 17.3 Å². The van der Waals surface area contributed by atoms with Crippen molar-refractivity contribution in [3.63, 3.8) is 0 Å². The number of esters is 2. The summed E-state index contributed by atoms with van der Waals surface area (Å²) in [6.45, 7) is 7.14. The number of hydrogen-bond acceptors (Lipinski definition) is 7. The minimum Gasteiger partial charge on any atom is -0.493 e. The Bertz CT molecular complexity index is 3720. The molecule has 7 aromatic rings. The van der Waals surface area contributed by atoms with Gasteiger partial charge in [-0.3, -0.25) is 9.59 Å². The maximum Gasteiger partial charge on any atom is 0.416 e. The monoisotopic (exact) mass is 1190 g/mol. The number of alkyl halides is 6. The van der Waals surface area contributed by atoms with Crippen molar-refractivity contribution >= 4 is 34.5 Å². The number of methoxy groups -OCH3 is 1. The number of rotatable bonds is 14. The summed E-state index contributed by atoms with van der Waals surface area (Å²) in [4.78, 5) is 30.3. The Morgan fingerprint density at radius 3 is 1.84 bits per heavy atom. The summed E-state index contributed by atoms with van der Waals surface area (Å²) in [5.74, 6) is -0.766. The predicted molar refractivity (Wildman–Crippen MR) is 325 cm³/mol. The van der Waals surface area contributed by atoms with Gasteiger partial charge in [-0.05, 0) is 194 Å². The molecule has 0 amide bonds. The normalized spacial score (nSPS) is 21.6. The molecule has 2 saturated carbocycles. The number of hydrogen-bond donors (Lipinski definition) is 0. The van der Waals surface area contributed by atoms with Crippen LogP contribution in [0.25, 0.3) is 39.1 Å². The molecule has 3 fully saturated rings. The van der Waals surface area contributed by atoms with E-state index in [1.807, 2.05) is 36.4 Å². The number of piperidine rings is 1. The molecular weight excluding hydrogens is 1120 g/mol. The Morgan fingerprint density at radius 2 is 1.24 bits per heavy atom. The SMILES string of the molecule is CCCCC[C@H]1CC[C@H](c2ccc(-c3ccc(OC(=O)[C@H]4CC[C@H](C(=O)Oc5cc6c7c(c8c(c6cc5OC)OC(c5ccc(F)cc5)(c5ccc(N6CCCCC6)cc5)C=C8)C(C)(C)c5c-7cc(C(F)(F)F)cc5C(F)(F)F)CC4)cc3)cc2)CC1. The van der Waals surface area contributed by atoms with Crippen molar-refractivity contribution in [3.05, 3.63) is 178 Å². The maximum absolute atomic E-state index is 15.3. The van der Waals surface area contributed by atoms with E-state index >= 15 is 13.2 Å². The van der Waals surface area contributed by atoms with Gasteiger partial charge in [-0.2, -0.15) is 26.3 Å². The van der Waals surface area contributed by atoms with Crippen molar-refractivity contribution < 1.29 is 59.3 Å². The third kappa shape index (κ3) is 11.6. The van der Waals surface area contributed by atoms with Crippen LogP contribution in [-0.2, 0) is 33.0 Å². The standard InChI is InChI=1S/C73H72F7NO6/c1-5-6-8-11-44-12-14-45(15-13-44)46-16-18-47(19-17-46)48-24-34-56(35-25-48)85-68(82)49-20-22-50(23-21-49)69(83)86-63-42-58-59(43-62(63)84-4)67-57(66-64(58)60-40-53(72(75,76)77)41-61(73(78,79)80)65(60)70(66,2)3)36-37-71(87-67,51-26-30-54(74)31-27-51)52-28-32-55(33-29-52)81-38-9-7-10-39-81/h16-19,24-37,40-45,49-50H,5-15,20-23,38-39H2,1-4H3/t44-,45-,49-,50-,71?. The van der Waals surface area contributed by atoms with Gasteiger partial charge in [-0.1, -0.05) is 113 Å². The van der Waals surface area contributed by atoms with Gasteiger partial charge in [0.15, 0.2) is 17.1 Å². The number of halogens is 7. The van der Waals surface area contributed by atoms with Gasteiger partial charge in [0.2, 0.25) is 0 Å². The molecule has 1 unspecified atom stereocenters. The lowest BCUT2D eigenvalue weighted by molar-refractivity contribution is -0.145. The summed E-state index contributed by atoms with van der Waals surface area (Å²) in [5, 5.41) is 0.396. The smallest absolute Gasteiger partial charge is 0.416 e. The fourth-order valence-electron chi connectivity index (χ4n) is 14.7. The van der Waals surface area contributed by atoms with Crippen LogP contribution >= 0.6 is 0 Å². The molecular formula is C73H72F7NO6. The summed E-state index contributed by atoms with van der Waals surface area (Å²) in [6, 6.07) is 33.8. The summed E-state index contributed by atoms with van der Waals surface area (Å²) >= 11 is 0. The molecule has 454 valence electrons. The van der Waals surface area contributed by atoms with Crippen LogP contribution in [0.5, 0.6) is 23.0 Å². The Morgan fingerprint density at radius 1 is 0.644 bits per heavy atom. The van der Waals surface area contributed by atoms with E-state index < -0.39 is 64.1 Å². The molecule has 0 spiro atoms. The first kappa shape index (κ1) is 59.7. The average Bonchev–Trinajstić information content (AvgIpc) is 1.58. The van der Waals surface area contributed by atoms with Crippen molar-refractivity contribution in [2.45, 2.75) is 146 Å². The van der Waals surface area contributed by atoms with Crippen LogP contribution < -0.4 is 23.8 Å². The quantitative estimate of drug-likeness (QED) is 0.0465. The van der Waals surface area contributed by atoms with Gasteiger partial charge in [-0.25, -0.2) is 4.39 Å². The largest absolute Gasteiger partial charge is 0.493 e. The molecule has 1 saturated heterocycles. The molecule has 2 aliphatic heterocycles. The van der Waals surface area contributed by atoms with E-state index in [2.05, 4.69) is 36.1 Å². The van der Waals surface area contributed by atoms with Crippen LogP contribution in [0.1, 0.15) is 168 Å². The highest BCUT2D eigenvalue weighted by molar-refractivity contribution is 6.10. The van der Waals surface area contributed by atoms with Crippen molar-refractivity contribution in [2.75, 3.05) is 25.1 Å². The lowest BCUT2D eigenvalue weighted by Crippen LogP contribution is -2.35. The lowest BCUT2D eigenvalue weighted by atomic mass is 9.75. The number of benzene rings is 7. The van der Waals surface area contributed by atoms with Crippen molar-refractivity contribution in [2.24, 2.45) is 17.8 Å². The van der Waals surface area contributed by atoms with E-state index in [-0.39, 0.29) is 69.2 Å². The zero-order chi connectivity index (χ0) is 61.0. The Kier molecular flexibility index (Phi) is 16.3. The average molecular weight is 1190 g/mol. The van der Waals surface area contributed by atoms with E-state index in [1.54, 1.807) is 50.3 Å². The molecule has 87 heavy (non-hydrogen) atoms. The van der Waals surface area contributed by atoms with E-state index in [4.69, 9.17) is 18.9 Å². The topological polar surface area (TPSA) is 74.3 Å². The summed E-state index contributed by atoms with van der Waals surface area (Å²) in [6.07, 6.45) is 7.93. The maximum atomic E-state index is 15.3. The molecule has 5 aliphatic rings. The second kappa shape index (κ2) is 23.8. The number of anilines is 1. The van der Waals surface area contributed by atoms with Gasteiger partial charge in [0, 0.05) is 46.3 Å². The Balaban J connectivity index is 0.822. The second-order valence-corrected chi connectivity index (χ2v) is 25.1. The molecule has 7 aromatic carbocycles. The Labute approximate surface area is 503 Å². The third-order valence-electron chi connectivity index (χ3n) is 19.4. The second-order valence-electron chi connectivity index (χ2n) is 25.1. The van der Waals surface area contributed by atoms with Gasteiger partial charge in [0.05, 0.1) is 30.1 Å². The van der Waals surface area contributed by atoms with Crippen LogP contribution in [0.4, 0.5) is 36.4 Å². The minimum atomic E-state index is -5.20. The number of nitrogens with zero attached hydrogens (tertiary/aromatic N) is 1. The van der Waals surface area contributed by atoms with Crippen LogP contribution in [0.2, 0.25) is 0 Å². The highest BCUT2D eigenvalue weighted by Gasteiger charge is 2.51. The first-order valence-corrected chi connectivity index (χ1v) is 30.9. The first-order chi connectivity index (χ1) is 41.7. The summed E-state index contributed by atoms with van der Waals surface area (Å²) in [5.41, 5.74) is -0.288. The Hall–Kier alpha value is -7.61. The molecule has 0 aromatic heterocycles. The third-order valence-corrected chi connectivity index (χ3v) is 19.4. The molecule has 12 rings (SSSR count). The molecule has 2 heterocycles. The molecule has 14 heteroatoms. The molecule has 0 N–H and O–H groups in total. The van der Waals surface area contributed by atoms with Crippen molar-refractivity contribution in [1.82, 2.24) is 0 Å². The lowest BCUT2D eigenvalue weighted by Gasteiger charge is -2.39. The van der Waals surface area contributed by atoms with E-state index in [1.165, 1.54) is 88.3 Å².